The second-order valence-electron chi connectivity index (χ2n) is 10.5. The molecule has 2 heterocycles. The highest BCUT2D eigenvalue weighted by Crippen LogP contribution is 2.38. The summed E-state index contributed by atoms with van der Waals surface area (Å²) < 4.78 is 33.5. The van der Waals surface area contributed by atoms with Crippen molar-refractivity contribution < 1.29 is 18.3 Å². The molecule has 220 valence electrons. The van der Waals surface area contributed by atoms with Crippen LogP contribution in [0.15, 0.2) is 95.9 Å². The van der Waals surface area contributed by atoms with Crippen molar-refractivity contribution in [3.63, 3.8) is 0 Å². The largest absolute Gasteiger partial charge is 0.486 e. The molecule has 9 heteroatoms. The van der Waals surface area contributed by atoms with E-state index in [1.54, 1.807) is 42.5 Å². The molecular weight excluding hydrogens is 591 g/mol. The van der Waals surface area contributed by atoms with E-state index in [0.717, 1.165) is 47.0 Å². The summed E-state index contributed by atoms with van der Waals surface area (Å²) in [5.74, 6) is 0.903. The Morgan fingerprint density at radius 3 is 2.29 bits per heavy atom. The molecule has 2 unspecified atom stereocenters. The molecule has 2 atom stereocenters. The van der Waals surface area contributed by atoms with Crippen molar-refractivity contribution in [1.82, 2.24) is 0 Å². The van der Waals surface area contributed by atoms with Gasteiger partial charge in [-0.3, -0.25) is 4.31 Å². The molecule has 2 aliphatic rings. The van der Waals surface area contributed by atoms with E-state index in [1.807, 2.05) is 55.5 Å². The first kappa shape index (κ1) is 30.2. The molecule has 0 saturated heterocycles. The Morgan fingerprint density at radius 2 is 1.55 bits per heavy atom. The van der Waals surface area contributed by atoms with Gasteiger partial charge in [0.2, 0.25) is 0 Å². The number of sulfonamides is 1. The molecule has 0 bridgehead atoms. The molecule has 4 aromatic carbocycles. The fourth-order valence-electron chi connectivity index (χ4n) is 5.22. The molecule has 0 spiro atoms. The predicted octanol–water partition coefficient (Wildman–Crippen LogP) is 8.34. The highest BCUT2D eigenvalue weighted by Gasteiger charge is 2.30. The summed E-state index contributed by atoms with van der Waals surface area (Å²) in [5, 5.41) is 14.9. The first-order valence-electron chi connectivity index (χ1n) is 14.0. The van der Waals surface area contributed by atoms with Crippen molar-refractivity contribution in [3.05, 3.63) is 118 Å². The monoisotopic (exact) mass is 624 g/mol. The van der Waals surface area contributed by atoms with Gasteiger partial charge in [0, 0.05) is 39.9 Å². The van der Waals surface area contributed by atoms with Crippen molar-refractivity contribution >= 4 is 44.6 Å². The Balaban J connectivity index is 0.000000171. The molecular formula is C33H34Cl2N2O4S. The fraction of sp³-hybridized carbons (Fsp3) is 0.273. The molecule has 0 radical (unpaired) electrons. The second kappa shape index (κ2) is 13.4. The van der Waals surface area contributed by atoms with E-state index < -0.39 is 16.1 Å². The van der Waals surface area contributed by atoms with Gasteiger partial charge in [-0.05, 0) is 93.3 Å². The lowest BCUT2D eigenvalue weighted by atomic mass is 10.0. The number of halogens is 2. The smallest absolute Gasteiger partial charge is 0.264 e. The van der Waals surface area contributed by atoms with E-state index in [4.69, 9.17) is 27.9 Å². The van der Waals surface area contributed by atoms with Crippen LogP contribution in [0.4, 0.5) is 11.4 Å². The maximum Gasteiger partial charge on any atom is 0.264 e. The maximum absolute atomic E-state index is 13.0. The van der Waals surface area contributed by atoms with Crippen LogP contribution >= 0.6 is 23.2 Å². The summed E-state index contributed by atoms with van der Waals surface area (Å²) >= 11 is 12.1. The van der Waals surface area contributed by atoms with E-state index in [-0.39, 0.29) is 11.0 Å². The van der Waals surface area contributed by atoms with Gasteiger partial charge in [0.15, 0.2) is 0 Å². The lowest BCUT2D eigenvalue weighted by molar-refractivity contribution is 0.168. The third-order valence-corrected chi connectivity index (χ3v) is 9.70. The topological polar surface area (TPSA) is 78.9 Å². The van der Waals surface area contributed by atoms with E-state index >= 15 is 0 Å². The van der Waals surface area contributed by atoms with E-state index in [1.165, 1.54) is 4.31 Å². The van der Waals surface area contributed by atoms with Crippen LogP contribution in [0.3, 0.4) is 0 Å². The number of aryl methyl sites for hydroxylation is 1. The third-order valence-electron chi connectivity index (χ3n) is 7.41. The van der Waals surface area contributed by atoms with Crippen LogP contribution in [0.2, 0.25) is 10.0 Å². The van der Waals surface area contributed by atoms with Crippen molar-refractivity contribution in [1.29, 1.82) is 0 Å². The predicted molar refractivity (Wildman–Crippen MR) is 170 cm³/mol. The zero-order valence-corrected chi connectivity index (χ0v) is 25.7. The lowest BCUT2D eigenvalue weighted by Gasteiger charge is -2.25. The minimum Gasteiger partial charge on any atom is -0.486 e. The SMILES string of the molecule is Cc1ccc(S(=O)(=O)N2CCCC(O)c3cc(Cl)ccc32)cc1.Clc1ccc2c(c1)C(Oc1ccccc1)CCCN2. The average molecular weight is 626 g/mol. The molecule has 0 fully saturated rings. The van der Waals surface area contributed by atoms with Crippen molar-refractivity contribution in [2.24, 2.45) is 0 Å². The van der Waals surface area contributed by atoms with Gasteiger partial charge in [0.1, 0.15) is 11.9 Å². The Morgan fingerprint density at radius 1 is 0.857 bits per heavy atom. The number of aliphatic hydroxyl groups is 1. The summed E-state index contributed by atoms with van der Waals surface area (Å²) in [5.41, 5.74) is 4.34. The van der Waals surface area contributed by atoms with Gasteiger partial charge in [-0.1, -0.05) is 59.1 Å². The van der Waals surface area contributed by atoms with E-state index in [0.29, 0.717) is 35.7 Å². The Kier molecular flexibility index (Phi) is 9.63. The van der Waals surface area contributed by atoms with Gasteiger partial charge in [-0.25, -0.2) is 8.42 Å². The number of hydrogen-bond donors (Lipinski definition) is 2. The van der Waals surface area contributed by atoms with Crippen molar-refractivity contribution in [3.8, 4) is 5.75 Å². The molecule has 0 saturated carbocycles. The molecule has 0 amide bonds. The number of nitrogens with one attached hydrogen (secondary N) is 1. The number of ether oxygens (including phenoxy) is 1. The van der Waals surface area contributed by atoms with Crippen LogP contribution in [0.25, 0.3) is 0 Å². The van der Waals surface area contributed by atoms with E-state index in [9.17, 15) is 13.5 Å². The lowest BCUT2D eigenvalue weighted by Crippen LogP contribution is -2.31. The van der Waals surface area contributed by atoms with Crippen LogP contribution in [0.1, 0.15) is 54.6 Å². The quantitative estimate of drug-likeness (QED) is 0.238. The van der Waals surface area contributed by atoms with Gasteiger partial charge in [0.05, 0.1) is 16.7 Å². The van der Waals surface area contributed by atoms with Gasteiger partial charge in [0.25, 0.3) is 10.0 Å². The minimum absolute atomic E-state index is 0.0612. The number of hydrogen-bond acceptors (Lipinski definition) is 5. The number of benzene rings is 4. The Bertz CT molecular complexity index is 1620. The van der Waals surface area contributed by atoms with Crippen LogP contribution in [0, 0.1) is 6.92 Å². The van der Waals surface area contributed by atoms with Crippen LogP contribution < -0.4 is 14.4 Å². The van der Waals surface area contributed by atoms with Crippen LogP contribution in [-0.2, 0) is 10.0 Å². The number of anilines is 2. The second-order valence-corrected chi connectivity index (χ2v) is 13.2. The minimum atomic E-state index is -3.67. The summed E-state index contributed by atoms with van der Waals surface area (Å²) in [4.78, 5) is 0.250. The Labute approximate surface area is 257 Å². The van der Waals surface area contributed by atoms with Gasteiger partial charge in [-0.2, -0.15) is 0 Å². The molecule has 6 rings (SSSR count). The maximum atomic E-state index is 13.0. The van der Waals surface area contributed by atoms with Gasteiger partial charge in [-0.15, -0.1) is 0 Å². The highest BCUT2D eigenvalue weighted by atomic mass is 35.5. The molecule has 0 aromatic heterocycles. The number of aliphatic hydroxyl groups excluding tert-OH is 1. The first-order valence-corrected chi connectivity index (χ1v) is 16.2. The van der Waals surface area contributed by atoms with Crippen molar-refractivity contribution in [2.45, 2.75) is 49.7 Å². The van der Waals surface area contributed by atoms with Crippen LogP contribution in [-0.4, -0.2) is 26.6 Å². The standard InChI is InChI=1S/C17H18ClNO3S.C16H16ClNO/c1-12-4-7-14(8-5-12)23(21,22)19-10-2-3-17(20)15-11-13(18)6-9-16(15)19;17-12-8-9-15-14(11-12)16(7-4-10-18-15)19-13-5-2-1-3-6-13/h4-9,11,17,20H,2-3,10H2,1H3;1-3,5-6,8-9,11,16,18H,4,7,10H2. The van der Waals surface area contributed by atoms with Gasteiger partial charge < -0.3 is 15.2 Å². The molecule has 2 aliphatic heterocycles. The number of para-hydroxylation sites is 1. The third kappa shape index (κ3) is 7.04. The molecule has 4 aromatic rings. The summed E-state index contributed by atoms with van der Waals surface area (Å²) in [6.07, 6.45) is 2.53. The number of rotatable bonds is 4. The zero-order chi connectivity index (χ0) is 29.7. The fourth-order valence-corrected chi connectivity index (χ4v) is 7.11. The summed E-state index contributed by atoms with van der Waals surface area (Å²) in [6, 6.07) is 27.6. The summed E-state index contributed by atoms with van der Waals surface area (Å²) in [7, 11) is -3.67. The first-order chi connectivity index (χ1) is 20.2. The molecule has 6 nitrogen and oxygen atoms in total. The Hall–Kier alpha value is -3.23. The normalized spacial score (nSPS) is 18.2. The molecule has 42 heavy (non-hydrogen) atoms. The number of fused-ring (bicyclic) bond motifs is 2. The van der Waals surface area contributed by atoms with Crippen LogP contribution in [0.5, 0.6) is 5.75 Å². The average Bonchev–Trinajstić information content (AvgIpc) is 3.28. The number of nitrogens with zero attached hydrogens (tertiary/aromatic N) is 1. The van der Waals surface area contributed by atoms with Gasteiger partial charge >= 0.3 is 0 Å². The highest BCUT2D eigenvalue weighted by molar-refractivity contribution is 7.92. The zero-order valence-electron chi connectivity index (χ0n) is 23.3. The molecule has 2 N–H and O–H groups in total. The van der Waals surface area contributed by atoms with E-state index in [2.05, 4.69) is 5.32 Å². The summed E-state index contributed by atoms with van der Waals surface area (Å²) in [6.45, 7) is 3.22. The molecule has 0 aliphatic carbocycles. The van der Waals surface area contributed by atoms with Crippen molar-refractivity contribution in [2.75, 3.05) is 22.7 Å².